The zero-order chi connectivity index (χ0) is 15.8. The fourth-order valence-electron chi connectivity index (χ4n) is 2.36. The van der Waals surface area contributed by atoms with Crippen LogP contribution in [0.3, 0.4) is 0 Å². The van der Waals surface area contributed by atoms with Crippen LogP contribution in [0, 0.1) is 27.7 Å². The van der Waals surface area contributed by atoms with Crippen LogP contribution in [0.5, 0.6) is 0 Å². The molecule has 0 saturated heterocycles. The largest absolute Gasteiger partial charge is 0.398 e. The maximum Gasteiger partial charge on any atom is 0.262 e. The Morgan fingerprint density at radius 1 is 1.00 bits per heavy atom. The molecule has 5 heteroatoms. The van der Waals surface area contributed by atoms with E-state index in [1.165, 1.54) is 0 Å². The van der Waals surface area contributed by atoms with Gasteiger partial charge >= 0.3 is 0 Å². The van der Waals surface area contributed by atoms with Crippen molar-refractivity contribution in [3.8, 4) is 0 Å². The van der Waals surface area contributed by atoms with Crippen molar-refractivity contribution in [2.45, 2.75) is 32.6 Å². The van der Waals surface area contributed by atoms with Gasteiger partial charge in [-0.15, -0.1) is 0 Å². The first-order valence-corrected chi connectivity index (χ1v) is 8.16. The predicted octanol–water partition coefficient (Wildman–Crippen LogP) is 3.30. The van der Waals surface area contributed by atoms with Crippen molar-refractivity contribution in [1.82, 2.24) is 0 Å². The molecule has 0 fully saturated rings. The molecule has 4 nitrogen and oxygen atoms in total. The normalized spacial score (nSPS) is 11.4. The van der Waals surface area contributed by atoms with E-state index >= 15 is 0 Å². The summed E-state index contributed by atoms with van der Waals surface area (Å²) in [4.78, 5) is 0.265. The molecule has 0 heterocycles. The Balaban J connectivity index is 2.55. The van der Waals surface area contributed by atoms with Crippen molar-refractivity contribution in [3.05, 3.63) is 52.6 Å². The van der Waals surface area contributed by atoms with Gasteiger partial charge in [0.15, 0.2) is 0 Å². The van der Waals surface area contributed by atoms with Crippen molar-refractivity contribution in [3.63, 3.8) is 0 Å². The standard InChI is InChI=1S/C16H20N2O2S/c1-10-6-5-7-14(8-10)18-21(19,20)16-12(3)11(2)9-15(17)13(16)4/h5-9,18H,17H2,1-4H3. The third-order valence-corrected chi connectivity index (χ3v) is 5.27. The van der Waals surface area contributed by atoms with Crippen LogP contribution in [0.15, 0.2) is 35.2 Å². The minimum Gasteiger partial charge on any atom is -0.398 e. The van der Waals surface area contributed by atoms with E-state index in [-0.39, 0.29) is 4.90 Å². The molecule has 0 saturated carbocycles. The van der Waals surface area contributed by atoms with Crippen LogP contribution < -0.4 is 10.5 Å². The van der Waals surface area contributed by atoms with E-state index in [4.69, 9.17) is 5.73 Å². The van der Waals surface area contributed by atoms with Crippen molar-refractivity contribution in [2.75, 3.05) is 10.5 Å². The van der Waals surface area contributed by atoms with E-state index in [0.29, 0.717) is 16.9 Å². The maximum absolute atomic E-state index is 12.7. The molecule has 21 heavy (non-hydrogen) atoms. The van der Waals surface area contributed by atoms with E-state index in [0.717, 1.165) is 16.7 Å². The van der Waals surface area contributed by atoms with Gasteiger partial charge in [0.1, 0.15) is 0 Å². The molecule has 0 amide bonds. The summed E-state index contributed by atoms with van der Waals surface area (Å²) in [6.45, 7) is 7.30. The number of hydrogen-bond donors (Lipinski definition) is 2. The minimum absolute atomic E-state index is 0.265. The summed E-state index contributed by atoms with van der Waals surface area (Å²) >= 11 is 0. The van der Waals surface area contributed by atoms with Gasteiger partial charge in [-0.25, -0.2) is 8.42 Å². The van der Waals surface area contributed by atoms with Gasteiger partial charge < -0.3 is 5.73 Å². The summed E-state index contributed by atoms with van der Waals surface area (Å²) in [5.74, 6) is 0. The Labute approximate surface area is 126 Å². The van der Waals surface area contributed by atoms with Gasteiger partial charge in [-0.05, 0) is 68.1 Å². The van der Waals surface area contributed by atoms with Gasteiger partial charge in [-0.1, -0.05) is 12.1 Å². The average molecular weight is 304 g/mol. The Kier molecular flexibility index (Phi) is 3.96. The molecule has 0 spiro atoms. The van der Waals surface area contributed by atoms with Gasteiger partial charge in [0.2, 0.25) is 0 Å². The molecular formula is C16H20N2O2S. The number of nitrogens with one attached hydrogen (secondary N) is 1. The highest BCUT2D eigenvalue weighted by Crippen LogP contribution is 2.29. The van der Waals surface area contributed by atoms with E-state index < -0.39 is 10.0 Å². The average Bonchev–Trinajstić information content (AvgIpc) is 2.35. The van der Waals surface area contributed by atoms with Crippen LogP contribution in [0.4, 0.5) is 11.4 Å². The maximum atomic E-state index is 12.7. The Morgan fingerprint density at radius 2 is 1.67 bits per heavy atom. The summed E-state index contributed by atoms with van der Waals surface area (Å²) in [5.41, 5.74) is 10.1. The number of nitrogen functional groups attached to an aromatic ring is 1. The highest BCUT2D eigenvalue weighted by Gasteiger charge is 2.22. The Bertz CT molecular complexity index is 770. The molecule has 0 aliphatic carbocycles. The number of sulfonamides is 1. The second-order valence-corrected chi connectivity index (χ2v) is 6.96. The molecule has 0 bridgehead atoms. The van der Waals surface area contributed by atoms with Crippen molar-refractivity contribution < 1.29 is 8.42 Å². The molecule has 2 aromatic carbocycles. The third-order valence-electron chi connectivity index (χ3n) is 3.62. The molecule has 3 N–H and O–H groups in total. The van der Waals surface area contributed by atoms with E-state index in [1.54, 1.807) is 32.0 Å². The molecule has 0 radical (unpaired) electrons. The second kappa shape index (κ2) is 5.41. The SMILES string of the molecule is Cc1cccc(NS(=O)(=O)c2c(C)c(C)cc(N)c2C)c1. The van der Waals surface area contributed by atoms with Gasteiger partial charge in [0.05, 0.1) is 4.90 Å². The molecular weight excluding hydrogens is 284 g/mol. The summed E-state index contributed by atoms with van der Waals surface area (Å²) in [6, 6.07) is 9.06. The first-order valence-electron chi connectivity index (χ1n) is 6.68. The zero-order valence-corrected chi connectivity index (χ0v) is 13.5. The monoisotopic (exact) mass is 304 g/mol. The number of hydrogen-bond acceptors (Lipinski definition) is 3. The van der Waals surface area contributed by atoms with Gasteiger partial charge in [0.25, 0.3) is 10.0 Å². The fraction of sp³-hybridized carbons (Fsp3) is 0.250. The molecule has 0 unspecified atom stereocenters. The highest BCUT2D eigenvalue weighted by molar-refractivity contribution is 7.92. The zero-order valence-electron chi connectivity index (χ0n) is 12.7. The molecule has 2 aromatic rings. The van der Waals surface area contributed by atoms with Gasteiger partial charge in [-0.3, -0.25) is 4.72 Å². The summed E-state index contributed by atoms with van der Waals surface area (Å²) in [7, 11) is -3.67. The van der Waals surface area contributed by atoms with Gasteiger partial charge in [-0.2, -0.15) is 0 Å². The number of benzene rings is 2. The van der Waals surface area contributed by atoms with E-state index in [1.807, 2.05) is 26.0 Å². The van der Waals surface area contributed by atoms with Crippen LogP contribution in [0.2, 0.25) is 0 Å². The topological polar surface area (TPSA) is 72.2 Å². The first kappa shape index (κ1) is 15.4. The third kappa shape index (κ3) is 3.03. The predicted molar refractivity (Wildman–Crippen MR) is 87.1 cm³/mol. The lowest BCUT2D eigenvalue weighted by atomic mass is 10.1. The van der Waals surface area contributed by atoms with Crippen LogP contribution >= 0.6 is 0 Å². The Hall–Kier alpha value is -2.01. The smallest absolute Gasteiger partial charge is 0.262 e. The molecule has 0 aliphatic heterocycles. The molecule has 0 aromatic heterocycles. The summed E-state index contributed by atoms with van der Waals surface area (Å²) < 4.78 is 28.0. The Morgan fingerprint density at radius 3 is 2.29 bits per heavy atom. The molecule has 112 valence electrons. The van der Waals surface area contributed by atoms with Crippen LogP contribution in [0.1, 0.15) is 22.3 Å². The minimum atomic E-state index is -3.67. The van der Waals surface area contributed by atoms with Crippen LogP contribution in [0.25, 0.3) is 0 Å². The first-order chi connectivity index (χ1) is 9.72. The van der Waals surface area contributed by atoms with Crippen LogP contribution in [-0.4, -0.2) is 8.42 Å². The quantitative estimate of drug-likeness (QED) is 0.855. The highest BCUT2D eigenvalue weighted by atomic mass is 32.2. The summed E-state index contributed by atoms with van der Waals surface area (Å²) in [6.07, 6.45) is 0. The number of rotatable bonds is 3. The number of aryl methyl sites for hydroxylation is 2. The van der Waals surface area contributed by atoms with Crippen molar-refractivity contribution in [1.29, 1.82) is 0 Å². The van der Waals surface area contributed by atoms with Gasteiger partial charge in [0, 0.05) is 11.4 Å². The lowest BCUT2D eigenvalue weighted by Gasteiger charge is -2.16. The van der Waals surface area contributed by atoms with E-state index in [2.05, 4.69) is 4.72 Å². The van der Waals surface area contributed by atoms with Crippen molar-refractivity contribution >= 4 is 21.4 Å². The fourth-order valence-corrected chi connectivity index (χ4v) is 3.98. The molecule has 0 aliphatic rings. The second-order valence-electron chi connectivity index (χ2n) is 5.34. The lowest BCUT2D eigenvalue weighted by Crippen LogP contribution is -2.17. The van der Waals surface area contributed by atoms with E-state index in [9.17, 15) is 8.42 Å². The van der Waals surface area contributed by atoms with Crippen LogP contribution in [-0.2, 0) is 10.0 Å². The molecule has 0 atom stereocenters. The summed E-state index contributed by atoms with van der Waals surface area (Å²) in [5, 5.41) is 0. The molecule has 2 rings (SSSR count). The number of nitrogens with two attached hydrogens (primary N) is 1. The van der Waals surface area contributed by atoms with Crippen molar-refractivity contribution in [2.24, 2.45) is 0 Å². The lowest BCUT2D eigenvalue weighted by molar-refractivity contribution is 0.600. The number of anilines is 2.